The third-order valence-corrected chi connectivity index (χ3v) is 3.77. The van der Waals surface area contributed by atoms with Crippen LogP contribution in [0.3, 0.4) is 0 Å². The molecule has 1 amide bonds. The van der Waals surface area contributed by atoms with E-state index in [1.165, 1.54) is 12.1 Å². The molecule has 0 radical (unpaired) electrons. The Balaban J connectivity index is 1.69. The molecule has 2 aromatic carbocycles. The van der Waals surface area contributed by atoms with Crippen LogP contribution in [0.25, 0.3) is 10.9 Å². The molecule has 0 atom stereocenters. The van der Waals surface area contributed by atoms with Crippen LogP contribution in [0.15, 0.2) is 47.3 Å². The summed E-state index contributed by atoms with van der Waals surface area (Å²) in [6.45, 7) is 0. The summed E-state index contributed by atoms with van der Waals surface area (Å²) in [5.41, 5.74) is 0.679. The second-order valence-corrected chi connectivity index (χ2v) is 5.61. The number of benzene rings is 2. The molecule has 0 saturated heterocycles. The third kappa shape index (κ3) is 3.60. The van der Waals surface area contributed by atoms with Gasteiger partial charge in [-0.1, -0.05) is 23.7 Å². The van der Waals surface area contributed by atoms with E-state index in [1.54, 1.807) is 24.3 Å². The number of nitrogens with one attached hydrogen (secondary N) is 2. The highest BCUT2D eigenvalue weighted by Gasteiger charge is 2.09. The molecule has 0 saturated carbocycles. The van der Waals surface area contributed by atoms with E-state index in [4.69, 9.17) is 11.6 Å². The fourth-order valence-electron chi connectivity index (χ4n) is 2.29. The monoisotopic (exact) mass is 345 g/mol. The standard InChI is InChI=1S/C17H13ClFN3O2/c18-12-9-10(19)5-6-14(12)21-16(23)8-7-15-20-13-4-2-1-3-11(13)17(24)22-15/h1-6,9H,7-8H2,(H,21,23)(H,20,22,24). The highest BCUT2D eigenvalue weighted by atomic mass is 35.5. The Hall–Kier alpha value is -2.73. The van der Waals surface area contributed by atoms with Gasteiger partial charge in [0, 0.05) is 12.8 Å². The van der Waals surface area contributed by atoms with Crippen molar-refractivity contribution in [3.8, 4) is 0 Å². The van der Waals surface area contributed by atoms with E-state index in [1.807, 2.05) is 0 Å². The van der Waals surface area contributed by atoms with Gasteiger partial charge in [-0.15, -0.1) is 0 Å². The Morgan fingerprint density at radius 2 is 2.04 bits per heavy atom. The van der Waals surface area contributed by atoms with Crippen molar-refractivity contribution in [2.45, 2.75) is 12.8 Å². The van der Waals surface area contributed by atoms with Crippen LogP contribution in [0.5, 0.6) is 0 Å². The molecule has 1 heterocycles. The number of rotatable bonds is 4. The lowest BCUT2D eigenvalue weighted by Gasteiger charge is -2.07. The van der Waals surface area contributed by atoms with Gasteiger partial charge in [-0.05, 0) is 30.3 Å². The smallest absolute Gasteiger partial charge is 0.258 e. The number of carbonyl (C=O) groups is 1. The molecule has 0 aliphatic rings. The number of carbonyl (C=O) groups excluding carboxylic acids is 1. The van der Waals surface area contributed by atoms with Gasteiger partial charge in [0.15, 0.2) is 0 Å². The number of aromatic nitrogens is 2. The Kier molecular flexibility index (Phi) is 4.57. The molecule has 0 fully saturated rings. The average Bonchev–Trinajstić information content (AvgIpc) is 2.56. The molecule has 0 spiro atoms. The summed E-state index contributed by atoms with van der Waals surface area (Å²) in [5.74, 6) is -0.352. The van der Waals surface area contributed by atoms with Crippen molar-refractivity contribution in [1.29, 1.82) is 0 Å². The van der Waals surface area contributed by atoms with Crippen LogP contribution in [0, 0.1) is 5.82 Å². The van der Waals surface area contributed by atoms with Crippen LogP contribution < -0.4 is 10.9 Å². The Morgan fingerprint density at radius 1 is 1.25 bits per heavy atom. The largest absolute Gasteiger partial charge is 0.325 e. The summed E-state index contributed by atoms with van der Waals surface area (Å²) >= 11 is 5.86. The van der Waals surface area contributed by atoms with Crippen LogP contribution in [0.1, 0.15) is 12.2 Å². The van der Waals surface area contributed by atoms with Crippen molar-refractivity contribution in [3.63, 3.8) is 0 Å². The van der Waals surface area contributed by atoms with Gasteiger partial charge in [-0.3, -0.25) is 9.59 Å². The Labute approximate surface area is 141 Å². The zero-order valence-corrected chi connectivity index (χ0v) is 13.2. The normalized spacial score (nSPS) is 10.8. The van der Waals surface area contributed by atoms with Gasteiger partial charge in [-0.25, -0.2) is 9.37 Å². The fraction of sp³-hybridized carbons (Fsp3) is 0.118. The highest BCUT2D eigenvalue weighted by Crippen LogP contribution is 2.22. The summed E-state index contributed by atoms with van der Waals surface area (Å²) in [7, 11) is 0. The average molecular weight is 346 g/mol. The first-order valence-corrected chi connectivity index (χ1v) is 7.63. The topological polar surface area (TPSA) is 74.8 Å². The van der Waals surface area contributed by atoms with E-state index in [2.05, 4.69) is 15.3 Å². The van der Waals surface area contributed by atoms with Gasteiger partial charge < -0.3 is 10.3 Å². The number of nitrogens with zero attached hydrogens (tertiary/aromatic N) is 1. The molecule has 122 valence electrons. The first-order chi connectivity index (χ1) is 11.5. The quantitative estimate of drug-likeness (QED) is 0.762. The Bertz CT molecular complexity index is 971. The first kappa shape index (κ1) is 16.1. The summed E-state index contributed by atoms with van der Waals surface area (Å²) in [4.78, 5) is 30.9. The number of fused-ring (bicyclic) bond motifs is 1. The predicted octanol–water partition coefficient (Wildman–Crippen LogP) is 3.29. The van der Waals surface area contributed by atoms with E-state index in [0.717, 1.165) is 6.07 Å². The minimum Gasteiger partial charge on any atom is -0.325 e. The van der Waals surface area contributed by atoms with Gasteiger partial charge in [0.25, 0.3) is 5.56 Å². The second-order valence-electron chi connectivity index (χ2n) is 5.20. The molecule has 0 aliphatic heterocycles. The summed E-state index contributed by atoms with van der Waals surface area (Å²) in [6, 6.07) is 10.7. The third-order valence-electron chi connectivity index (χ3n) is 3.46. The van der Waals surface area contributed by atoms with Gasteiger partial charge in [0.1, 0.15) is 11.6 Å². The first-order valence-electron chi connectivity index (χ1n) is 7.26. The zero-order chi connectivity index (χ0) is 17.1. The van der Waals surface area contributed by atoms with Crippen molar-refractivity contribution in [2.75, 3.05) is 5.32 Å². The number of halogens is 2. The van der Waals surface area contributed by atoms with Crippen molar-refractivity contribution < 1.29 is 9.18 Å². The molecule has 3 aromatic rings. The molecule has 0 aliphatic carbocycles. The maximum absolute atomic E-state index is 13.0. The maximum Gasteiger partial charge on any atom is 0.258 e. The number of para-hydroxylation sites is 1. The summed E-state index contributed by atoms with van der Waals surface area (Å²) < 4.78 is 13.0. The minimum absolute atomic E-state index is 0.106. The zero-order valence-electron chi connectivity index (χ0n) is 12.5. The maximum atomic E-state index is 13.0. The molecule has 5 nitrogen and oxygen atoms in total. The van der Waals surface area contributed by atoms with Crippen LogP contribution in [0.4, 0.5) is 10.1 Å². The number of hydrogen-bond donors (Lipinski definition) is 2. The number of aryl methyl sites for hydroxylation is 1. The molecule has 3 rings (SSSR count). The van der Waals surface area contributed by atoms with Crippen molar-refractivity contribution in [1.82, 2.24) is 9.97 Å². The van der Waals surface area contributed by atoms with E-state index in [-0.39, 0.29) is 29.3 Å². The lowest BCUT2D eigenvalue weighted by Crippen LogP contribution is -2.16. The minimum atomic E-state index is -0.476. The van der Waals surface area contributed by atoms with Gasteiger partial charge in [0.2, 0.25) is 5.91 Å². The molecule has 0 unspecified atom stereocenters. The Morgan fingerprint density at radius 3 is 2.83 bits per heavy atom. The molecule has 7 heteroatoms. The number of anilines is 1. The number of hydrogen-bond acceptors (Lipinski definition) is 3. The summed E-state index contributed by atoms with van der Waals surface area (Å²) in [6.07, 6.45) is 0.375. The molecular weight excluding hydrogens is 333 g/mol. The number of amides is 1. The molecule has 1 aromatic heterocycles. The van der Waals surface area contributed by atoms with Crippen LogP contribution in [-0.2, 0) is 11.2 Å². The molecule has 24 heavy (non-hydrogen) atoms. The van der Waals surface area contributed by atoms with E-state index in [9.17, 15) is 14.0 Å². The lowest BCUT2D eigenvalue weighted by atomic mass is 10.2. The van der Waals surface area contributed by atoms with Crippen LogP contribution >= 0.6 is 11.6 Å². The van der Waals surface area contributed by atoms with E-state index >= 15 is 0 Å². The van der Waals surface area contributed by atoms with Crippen molar-refractivity contribution >= 4 is 34.1 Å². The summed E-state index contributed by atoms with van der Waals surface area (Å²) in [5, 5.41) is 3.23. The number of H-pyrrole nitrogens is 1. The van der Waals surface area contributed by atoms with Crippen LogP contribution in [0.2, 0.25) is 5.02 Å². The lowest BCUT2D eigenvalue weighted by molar-refractivity contribution is -0.116. The SMILES string of the molecule is O=C(CCc1nc2ccccc2c(=O)[nH]1)Nc1ccc(F)cc1Cl. The van der Waals surface area contributed by atoms with E-state index < -0.39 is 5.82 Å². The van der Waals surface area contributed by atoms with E-state index in [0.29, 0.717) is 22.4 Å². The van der Waals surface area contributed by atoms with Gasteiger partial charge in [0.05, 0.1) is 21.6 Å². The highest BCUT2D eigenvalue weighted by molar-refractivity contribution is 6.33. The predicted molar refractivity (Wildman–Crippen MR) is 90.7 cm³/mol. The van der Waals surface area contributed by atoms with Crippen molar-refractivity contribution in [3.05, 3.63) is 69.5 Å². The number of aromatic amines is 1. The van der Waals surface area contributed by atoms with Gasteiger partial charge >= 0.3 is 0 Å². The molecule has 0 bridgehead atoms. The van der Waals surface area contributed by atoms with Crippen molar-refractivity contribution in [2.24, 2.45) is 0 Å². The van der Waals surface area contributed by atoms with Gasteiger partial charge in [-0.2, -0.15) is 0 Å². The van der Waals surface area contributed by atoms with Crippen LogP contribution in [-0.4, -0.2) is 15.9 Å². The second kappa shape index (κ2) is 6.80. The molecular formula is C17H13ClFN3O2. The fourth-order valence-corrected chi connectivity index (χ4v) is 2.50. The molecule has 2 N–H and O–H groups in total.